The van der Waals surface area contributed by atoms with Gasteiger partial charge in [0.25, 0.3) is 11.8 Å². The lowest BCUT2D eigenvalue weighted by Crippen LogP contribution is -2.52. The number of para-hydroxylation sites is 1. The molecule has 4 amide bonds. The van der Waals surface area contributed by atoms with E-state index in [9.17, 15) is 14.4 Å². The van der Waals surface area contributed by atoms with Crippen LogP contribution in [0.15, 0.2) is 24.3 Å². The SMILES string of the molecule is C[C@H]1Cc2ccccc2N1CC(=O)NN1C(=O)NC2(CCCCC2)C1=O. The van der Waals surface area contributed by atoms with Crippen molar-refractivity contribution in [3.8, 4) is 0 Å². The average Bonchev–Trinajstić information content (AvgIpc) is 3.05. The largest absolute Gasteiger partial charge is 0.359 e. The zero-order valence-electron chi connectivity index (χ0n) is 15.0. The van der Waals surface area contributed by atoms with Crippen LogP contribution < -0.4 is 15.6 Å². The fourth-order valence-electron chi connectivity index (χ4n) is 4.40. The summed E-state index contributed by atoms with van der Waals surface area (Å²) in [5.41, 5.74) is 3.95. The summed E-state index contributed by atoms with van der Waals surface area (Å²) in [7, 11) is 0. The summed E-state index contributed by atoms with van der Waals surface area (Å²) < 4.78 is 0. The number of carbonyl (C=O) groups excluding carboxylic acids is 3. The fraction of sp³-hybridized carbons (Fsp3) is 0.526. The summed E-state index contributed by atoms with van der Waals surface area (Å²) in [5.74, 6) is -0.685. The Hall–Kier alpha value is -2.57. The van der Waals surface area contributed by atoms with Gasteiger partial charge in [-0.15, -0.1) is 0 Å². The number of nitrogens with zero attached hydrogens (tertiary/aromatic N) is 2. The van der Waals surface area contributed by atoms with Crippen LogP contribution in [0.3, 0.4) is 0 Å². The van der Waals surface area contributed by atoms with E-state index in [0.29, 0.717) is 12.8 Å². The predicted molar refractivity (Wildman–Crippen MR) is 96.3 cm³/mol. The molecule has 4 rings (SSSR count). The number of hydrazine groups is 1. The zero-order valence-corrected chi connectivity index (χ0v) is 15.0. The molecule has 1 aliphatic carbocycles. The topological polar surface area (TPSA) is 81.8 Å². The minimum Gasteiger partial charge on any atom is -0.359 e. The molecule has 138 valence electrons. The molecule has 1 aromatic carbocycles. The molecule has 1 aromatic rings. The number of imide groups is 1. The van der Waals surface area contributed by atoms with Crippen LogP contribution in [0.5, 0.6) is 0 Å². The molecule has 0 aromatic heterocycles. The van der Waals surface area contributed by atoms with Crippen molar-refractivity contribution in [2.45, 2.75) is 57.0 Å². The molecule has 1 saturated heterocycles. The first-order valence-electron chi connectivity index (χ1n) is 9.31. The molecule has 26 heavy (non-hydrogen) atoms. The first-order valence-corrected chi connectivity index (χ1v) is 9.31. The van der Waals surface area contributed by atoms with E-state index < -0.39 is 11.6 Å². The highest BCUT2D eigenvalue weighted by Gasteiger charge is 2.52. The molecule has 7 heteroatoms. The number of hydrogen-bond donors (Lipinski definition) is 2. The summed E-state index contributed by atoms with van der Waals surface area (Å²) in [6, 6.07) is 7.68. The number of carbonyl (C=O) groups is 3. The van der Waals surface area contributed by atoms with Crippen LogP contribution in [0.25, 0.3) is 0 Å². The number of nitrogens with one attached hydrogen (secondary N) is 2. The Morgan fingerprint density at radius 1 is 1.23 bits per heavy atom. The van der Waals surface area contributed by atoms with Crippen LogP contribution in [0.2, 0.25) is 0 Å². The third kappa shape index (κ3) is 2.71. The van der Waals surface area contributed by atoms with Crippen molar-refractivity contribution in [2.24, 2.45) is 0 Å². The number of amides is 4. The normalized spacial score (nSPS) is 24.0. The first-order chi connectivity index (χ1) is 12.5. The van der Waals surface area contributed by atoms with Gasteiger partial charge in [0.15, 0.2) is 0 Å². The molecule has 0 radical (unpaired) electrons. The molecular weight excluding hydrogens is 332 g/mol. The van der Waals surface area contributed by atoms with Crippen LogP contribution in [-0.4, -0.2) is 41.0 Å². The van der Waals surface area contributed by atoms with Gasteiger partial charge in [0, 0.05) is 11.7 Å². The highest BCUT2D eigenvalue weighted by Crippen LogP contribution is 2.33. The summed E-state index contributed by atoms with van der Waals surface area (Å²) >= 11 is 0. The predicted octanol–water partition coefficient (Wildman–Crippen LogP) is 1.72. The number of fused-ring (bicyclic) bond motifs is 1. The lowest BCUT2D eigenvalue weighted by molar-refractivity contribution is -0.139. The first kappa shape index (κ1) is 16.9. The van der Waals surface area contributed by atoms with Crippen LogP contribution in [0, 0.1) is 0 Å². The Morgan fingerprint density at radius 2 is 1.96 bits per heavy atom. The van der Waals surface area contributed by atoms with Gasteiger partial charge in [0.05, 0.1) is 6.54 Å². The van der Waals surface area contributed by atoms with E-state index in [-0.39, 0.29) is 24.4 Å². The van der Waals surface area contributed by atoms with Gasteiger partial charge in [0.2, 0.25) is 0 Å². The van der Waals surface area contributed by atoms with Gasteiger partial charge in [-0.3, -0.25) is 15.0 Å². The quantitative estimate of drug-likeness (QED) is 0.808. The third-order valence-electron chi connectivity index (χ3n) is 5.77. The van der Waals surface area contributed by atoms with Gasteiger partial charge < -0.3 is 10.2 Å². The van der Waals surface area contributed by atoms with E-state index in [4.69, 9.17) is 0 Å². The second-order valence-electron chi connectivity index (χ2n) is 7.56. The van der Waals surface area contributed by atoms with E-state index in [1.54, 1.807) is 0 Å². The molecule has 2 fully saturated rings. The monoisotopic (exact) mass is 356 g/mol. The minimum absolute atomic E-state index is 0.113. The Morgan fingerprint density at radius 3 is 2.73 bits per heavy atom. The number of rotatable bonds is 3. The fourth-order valence-corrected chi connectivity index (χ4v) is 4.40. The zero-order chi connectivity index (χ0) is 18.3. The van der Waals surface area contributed by atoms with Gasteiger partial charge in [0.1, 0.15) is 5.54 Å². The second-order valence-corrected chi connectivity index (χ2v) is 7.56. The molecule has 0 unspecified atom stereocenters. The highest BCUT2D eigenvalue weighted by molar-refractivity contribution is 6.08. The maximum Gasteiger partial charge on any atom is 0.344 e. The van der Waals surface area contributed by atoms with E-state index in [1.165, 1.54) is 5.56 Å². The Balaban J connectivity index is 1.44. The van der Waals surface area contributed by atoms with Gasteiger partial charge in [-0.2, -0.15) is 5.01 Å². The molecule has 3 aliphatic rings. The van der Waals surface area contributed by atoms with E-state index in [1.807, 2.05) is 23.1 Å². The maximum atomic E-state index is 12.7. The summed E-state index contributed by atoms with van der Waals surface area (Å²) in [6.07, 6.45) is 5.06. The summed E-state index contributed by atoms with van der Waals surface area (Å²) in [4.78, 5) is 39.6. The highest BCUT2D eigenvalue weighted by atomic mass is 16.2. The Labute approximate surface area is 152 Å². The average molecular weight is 356 g/mol. The molecule has 2 heterocycles. The number of hydrogen-bond acceptors (Lipinski definition) is 4. The van der Waals surface area contributed by atoms with Crippen molar-refractivity contribution in [1.82, 2.24) is 15.8 Å². The van der Waals surface area contributed by atoms with Gasteiger partial charge in [-0.25, -0.2) is 4.79 Å². The Kier molecular flexibility index (Phi) is 4.09. The van der Waals surface area contributed by atoms with Crippen molar-refractivity contribution in [1.29, 1.82) is 0 Å². The van der Waals surface area contributed by atoms with Gasteiger partial charge in [-0.1, -0.05) is 37.5 Å². The molecule has 1 saturated carbocycles. The summed E-state index contributed by atoms with van der Waals surface area (Å²) in [6.45, 7) is 2.18. The van der Waals surface area contributed by atoms with Crippen molar-refractivity contribution in [3.63, 3.8) is 0 Å². The van der Waals surface area contributed by atoms with Crippen LogP contribution in [0.1, 0.15) is 44.6 Å². The standard InChI is InChI=1S/C19H24N4O3/c1-13-11-14-7-3-4-8-15(14)22(13)12-16(24)21-23-17(25)19(20-18(23)26)9-5-2-6-10-19/h3-4,7-8,13H,2,5-6,9-12H2,1H3,(H,20,26)(H,21,24)/t13-/m0/s1. The molecule has 1 spiro atoms. The van der Waals surface area contributed by atoms with Crippen LogP contribution >= 0.6 is 0 Å². The molecule has 1 atom stereocenters. The van der Waals surface area contributed by atoms with Crippen molar-refractivity contribution < 1.29 is 14.4 Å². The molecular formula is C19H24N4O3. The maximum absolute atomic E-state index is 12.7. The lowest BCUT2D eigenvalue weighted by atomic mass is 9.82. The van der Waals surface area contributed by atoms with Gasteiger partial charge in [-0.05, 0) is 37.8 Å². The summed E-state index contributed by atoms with van der Waals surface area (Å²) in [5, 5.41) is 3.68. The molecule has 2 N–H and O–H groups in total. The smallest absolute Gasteiger partial charge is 0.344 e. The van der Waals surface area contributed by atoms with Crippen molar-refractivity contribution in [3.05, 3.63) is 29.8 Å². The van der Waals surface area contributed by atoms with Crippen molar-refractivity contribution >= 4 is 23.5 Å². The third-order valence-corrected chi connectivity index (χ3v) is 5.77. The van der Waals surface area contributed by atoms with Crippen molar-refractivity contribution in [2.75, 3.05) is 11.4 Å². The second kappa shape index (κ2) is 6.30. The lowest BCUT2D eigenvalue weighted by Gasteiger charge is -2.30. The van der Waals surface area contributed by atoms with Crippen LogP contribution in [-0.2, 0) is 16.0 Å². The number of benzene rings is 1. The van der Waals surface area contributed by atoms with E-state index in [0.717, 1.165) is 36.4 Å². The molecule has 2 aliphatic heterocycles. The number of urea groups is 1. The van der Waals surface area contributed by atoms with Crippen LogP contribution in [0.4, 0.5) is 10.5 Å². The van der Waals surface area contributed by atoms with Gasteiger partial charge >= 0.3 is 6.03 Å². The van der Waals surface area contributed by atoms with E-state index in [2.05, 4.69) is 23.7 Å². The molecule has 0 bridgehead atoms. The minimum atomic E-state index is -0.823. The molecule has 7 nitrogen and oxygen atoms in total. The number of anilines is 1. The van der Waals surface area contributed by atoms with E-state index >= 15 is 0 Å². The Bertz CT molecular complexity index is 757.